The number of hydrogen-bond donors (Lipinski definition) is 1. The third kappa shape index (κ3) is 2.15. The van der Waals surface area contributed by atoms with E-state index in [1.54, 1.807) is 0 Å². The molecule has 2 N–H and O–H groups in total. The van der Waals surface area contributed by atoms with E-state index >= 15 is 0 Å². The summed E-state index contributed by atoms with van der Waals surface area (Å²) < 4.78 is 40.6. The summed E-state index contributed by atoms with van der Waals surface area (Å²) in [5, 5.41) is 0. The molecule has 15 heavy (non-hydrogen) atoms. The number of halogens is 3. The van der Waals surface area contributed by atoms with Gasteiger partial charge in [-0.05, 0) is 12.1 Å². The van der Waals surface area contributed by atoms with Crippen molar-refractivity contribution < 1.29 is 13.2 Å². The van der Waals surface area contributed by atoms with Crippen molar-refractivity contribution in [3.63, 3.8) is 0 Å². The van der Waals surface area contributed by atoms with E-state index in [4.69, 9.17) is 5.73 Å². The lowest BCUT2D eigenvalue weighted by Crippen LogP contribution is -2.40. The van der Waals surface area contributed by atoms with Crippen LogP contribution in [0.25, 0.3) is 0 Å². The van der Waals surface area contributed by atoms with Gasteiger partial charge in [0.15, 0.2) is 0 Å². The first-order valence-corrected chi connectivity index (χ1v) is 4.65. The predicted molar refractivity (Wildman–Crippen MR) is 53.1 cm³/mol. The van der Waals surface area contributed by atoms with Crippen LogP contribution in [0.2, 0.25) is 0 Å². The fourth-order valence-corrected chi connectivity index (χ4v) is 1.20. The Hall–Kier alpha value is -1.03. The highest BCUT2D eigenvalue weighted by molar-refractivity contribution is 5.23. The second kappa shape index (κ2) is 3.85. The van der Waals surface area contributed by atoms with E-state index < -0.39 is 17.2 Å². The minimum atomic E-state index is -3.14. The molecule has 0 spiro atoms. The van der Waals surface area contributed by atoms with Crippen LogP contribution in [0.5, 0.6) is 0 Å². The summed E-state index contributed by atoms with van der Waals surface area (Å²) in [6.45, 7) is 2.55. The maximum Gasteiger partial charge on any atom is 0.279 e. The number of rotatable bonds is 3. The molecule has 0 bridgehead atoms. The Bertz CT molecular complexity index is 347. The minimum Gasteiger partial charge on any atom is -0.330 e. The lowest BCUT2D eigenvalue weighted by molar-refractivity contribution is -0.109. The molecule has 0 fully saturated rings. The van der Waals surface area contributed by atoms with Gasteiger partial charge in [0.2, 0.25) is 0 Å². The Morgan fingerprint density at radius 1 is 1.27 bits per heavy atom. The molecule has 0 saturated heterocycles. The van der Waals surface area contributed by atoms with Gasteiger partial charge in [-0.15, -0.1) is 0 Å². The summed E-state index contributed by atoms with van der Waals surface area (Å²) in [5.41, 5.74) is 3.57. The first-order chi connectivity index (χ1) is 6.81. The molecular weight excluding hydrogens is 203 g/mol. The van der Waals surface area contributed by atoms with Crippen molar-refractivity contribution in [2.75, 3.05) is 6.54 Å². The molecule has 1 nitrogen and oxygen atoms in total. The first kappa shape index (κ1) is 12.0. The van der Waals surface area contributed by atoms with E-state index in [1.807, 2.05) is 0 Å². The van der Waals surface area contributed by atoms with Crippen LogP contribution >= 0.6 is 0 Å². The van der Waals surface area contributed by atoms with Crippen molar-refractivity contribution in [2.24, 2.45) is 11.1 Å². The maximum atomic E-state index is 13.9. The van der Waals surface area contributed by atoms with Gasteiger partial charge in [-0.25, -0.2) is 13.2 Å². The average Bonchev–Trinajstić information content (AvgIpc) is 2.17. The van der Waals surface area contributed by atoms with E-state index in [0.29, 0.717) is 0 Å². The fourth-order valence-electron chi connectivity index (χ4n) is 1.20. The van der Waals surface area contributed by atoms with Gasteiger partial charge < -0.3 is 5.73 Å². The molecule has 0 atom stereocenters. The SMILES string of the molecule is CC(C)(CN)C(F)(F)c1cccc(F)c1. The zero-order valence-corrected chi connectivity index (χ0v) is 8.73. The minimum absolute atomic E-state index is 0.170. The Morgan fingerprint density at radius 2 is 1.87 bits per heavy atom. The van der Waals surface area contributed by atoms with Crippen molar-refractivity contribution >= 4 is 0 Å². The Balaban J connectivity index is 3.16. The molecular formula is C11H14F3N. The third-order valence-electron chi connectivity index (χ3n) is 2.55. The zero-order chi connectivity index (χ0) is 11.7. The molecule has 1 rings (SSSR count). The predicted octanol–water partition coefficient (Wildman–Crippen LogP) is 2.90. The van der Waals surface area contributed by atoms with Gasteiger partial charge in [0, 0.05) is 17.5 Å². The normalized spacial score (nSPS) is 12.9. The smallest absolute Gasteiger partial charge is 0.279 e. The number of hydrogen-bond acceptors (Lipinski definition) is 1. The van der Waals surface area contributed by atoms with E-state index in [1.165, 1.54) is 26.0 Å². The van der Waals surface area contributed by atoms with Crippen LogP contribution in [0.3, 0.4) is 0 Å². The van der Waals surface area contributed by atoms with Crippen LogP contribution in [0, 0.1) is 11.2 Å². The summed E-state index contributed by atoms with van der Waals surface area (Å²) in [5.74, 6) is -3.80. The standard InChI is InChI=1S/C11H14F3N/c1-10(2,7-15)11(13,14)8-4-3-5-9(12)6-8/h3-6H,7,15H2,1-2H3. The fraction of sp³-hybridized carbons (Fsp3) is 0.455. The van der Waals surface area contributed by atoms with Crippen molar-refractivity contribution in [3.05, 3.63) is 35.6 Å². The molecule has 0 unspecified atom stereocenters. The summed E-state index contributed by atoms with van der Waals surface area (Å²) in [6, 6.07) is 4.46. The van der Waals surface area contributed by atoms with Crippen LogP contribution in [0.15, 0.2) is 24.3 Å². The molecule has 1 aromatic rings. The molecule has 0 aliphatic rings. The lowest BCUT2D eigenvalue weighted by Gasteiger charge is -2.33. The summed E-state index contributed by atoms with van der Waals surface area (Å²) >= 11 is 0. The maximum absolute atomic E-state index is 13.9. The van der Waals surface area contributed by atoms with Gasteiger partial charge in [0.1, 0.15) is 5.82 Å². The third-order valence-corrected chi connectivity index (χ3v) is 2.55. The second-order valence-corrected chi connectivity index (χ2v) is 4.17. The molecule has 84 valence electrons. The zero-order valence-electron chi connectivity index (χ0n) is 8.73. The summed E-state index contributed by atoms with van der Waals surface area (Å²) in [4.78, 5) is 0. The molecule has 0 aliphatic heterocycles. The summed E-state index contributed by atoms with van der Waals surface area (Å²) in [7, 11) is 0. The first-order valence-electron chi connectivity index (χ1n) is 4.65. The van der Waals surface area contributed by atoms with Gasteiger partial charge in [-0.1, -0.05) is 26.0 Å². The molecule has 0 aromatic heterocycles. The van der Waals surface area contributed by atoms with Gasteiger partial charge in [0.25, 0.3) is 5.92 Å². The molecule has 0 aliphatic carbocycles. The Labute approximate surface area is 87.1 Å². The van der Waals surface area contributed by atoms with Crippen molar-refractivity contribution in [1.82, 2.24) is 0 Å². The molecule has 0 heterocycles. The highest BCUT2D eigenvalue weighted by atomic mass is 19.3. The van der Waals surface area contributed by atoms with Crippen molar-refractivity contribution in [3.8, 4) is 0 Å². The quantitative estimate of drug-likeness (QED) is 0.827. The topological polar surface area (TPSA) is 26.0 Å². The second-order valence-electron chi connectivity index (χ2n) is 4.17. The number of nitrogens with two attached hydrogens (primary N) is 1. The summed E-state index contributed by atoms with van der Waals surface area (Å²) in [6.07, 6.45) is 0. The largest absolute Gasteiger partial charge is 0.330 e. The molecule has 1 aromatic carbocycles. The molecule has 0 amide bonds. The molecule has 0 saturated carbocycles. The van der Waals surface area contributed by atoms with Crippen LogP contribution < -0.4 is 5.73 Å². The van der Waals surface area contributed by atoms with E-state index in [-0.39, 0.29) is 12.1 Å². The van der Waals surface area contributed by atoms with Gasteiger partial charge in [-0.3, -0.25) is 0 Å². The van der Waals surface area contributed by atoms with Crippen molar-refractivity contribution in [1.29, 1.82) is 0 Å². The van der Waals surface area contributed by atoms with Crippen LogP contribution in [0.4, 0.5) is 13.2 Å². The van der Waals surface area contributed by atoms with E-state index in [2.05, 4.69) is 0 Å². The van der Waals surface area contributed by atoms with Crippen molar-refractivity contribution in [2.45, 2.75) is 19.8 Å². The van der Waals surface area contributed by atoms with Gasteiger partial charge >= 0.3 is 0 Å². The van der Waals surface area contributed by atoms with Crippen LogP contribution in [-0.4, -0.2) is 6.54 Å². The van der Waals surface area contributed by atoms with Crippen LogP contribution in [0.1, 0.15) is 19.4 Å². The number of benzene rings is 1. The highest BCUT2D eigenvalue weighted by Crippen LogP contribution is 2.44. The van der Waals surface area contributed by atoms with E-state index in [9.17, 15) is 13.2 Å². The number of alkyl halides is 2. The molecule has 4 heteroatoms. The van der Waals surface area contributed by atoms with E-state index in [0.717, 1.165) is 12.1 Å². The Morgan fingerprint density at radius 3 is 2.33 bits per heavy atom. The average molecular weight is 217 g/mol. The monoisotopic (exact) mass is 217 g/mol. The lowest BCUT2D eigenvalue weighted by atomic mass is 9.81. The van der Waals surface area contributed by atoms with Crippen LogP contribution in [-0.2, 0) is 5.92 Å². The Kier molecular flexibility index (Phi) is 3.09. The molecule has 0 radical (unpaired) electrons. The van der Waals surface area contributed by atoms with Gasteiger partial charge in [0.05, 0.1) is 0 Å². The van der Waals surface area contributed by atoms with Gasteiger partial charge in [-0.2, -0.15) is 0 Å². The highest BCUT2D eigenvalue weighted by Gasteiger charge is 2.47.